The number of benzene rings is 12. The fourth-order valence-corrected chi connectivity index (χ4v) is 16.7. The number of allylic oxidation sites excluding steroid dienone is 4. The summed E-state index contributed by atoms with van der Waals surface area (Å²) in [6.45, 7) is 4.99. The second kappa shape index (κ2) is 49.2. The number of alkyl halides is 12. The molecule has 4 unspecified atom stereocenters. The van der Waals surface area contributed by atoms with Gasteiger partial charge < -0.3 is 54.5 Å². The lowest BCUT2D eigenvalue weighted by atomic mass is 10.0. The maximum Gasteiger partial charge on any atom is 0.418 e. The maximum absolute atomic E-state index is 15.1. The summed E-state index contributed by atoms with van der Waals surface area (Å²) >= 11 is -8.54. The number of phenolic OH excluding ortho intramolecular Hbond substituents is 1. The minimum absolute atomic E-state index is 0.00973. The first-order valence-corrected chi connectivity index (χ1v) is 46.0. The molecule has 0 radical (unpaired) electrons. The largest absolute Gasteiger partial charge is 0.507 e. The van der Waals surface area contributed by atoms with E-state index in [9.17, 15) is 107 Å². The van der Waals surface area contributed by atoms with Gasteiger partial charge in [0, 0.05) is 61.7 Å². The summed E-state index contributed by atoms with van der Waals surface area (Å²) < 4.78 is 292. The van der Waals surface area contributed by atoms with E-state index in [0.29, 0.717) is 17.0 Å². The van der Waals surface area contributed by atoms with Crippen LogP contribution in [0.4, 0.5) is 98.8 Å². The highest BCUT2D eigenvalue weighted by Gasteiger charge is 2.40. The summed E-state index contributed by atoms with van der Waals surface area (Å²) in [7, 11) is 0. The van der Waals surface area contributed by atoms with Gasteiger partial charge in [0.05, 0.1) is 64.6 Å². The highest BCUT2D eigenvalue weighted by Crippen LogP contribution is 2.46. The number of nitrogens with zero attached hydrogens (tertiary/aromatic N) is 2. The number of rotatable bonds is 27. The standard InChI is InChI=1S/C26H20F4N4O3S.2C24H20F4N4O4S.C24H20F4N4O3S/c1-14(16-7-6-15-10-11-33-24(31)19(15)12-16)23(27)25(35)34-21-9-8-17(13-20(21)26(28,29)30)18-4-2-3-5-22(18)38(36)37-32;1-13(14-5-4-6-16(11-14)22(29)32-34)21(25)23(33)31-19-10-9-15(12-18(19)24(26,27)28)17-7-2-3-8-20(17)37(35)36-30;1-12(16-10-14(22(29)30)7-9-19(16)33)21(25)23(34)32-18-8-6-13(11-17(18)24(26,27)28)15-4-2-3-5-20(15)37(35)36-31;1-13(14-5-4-6-16(11-14)22(29)30)21(25)23(33)32-19-10-9-15(12-18(19)24(26,27)28)17-7-2-3-8-20(17)36(34)35-31/h2-13H,32H2,1H3,(H2,31,33)(H,34,35);2-12,34H,30H2,1H3,(H2,29,32)(H,31,33);2-11,33H,31H2,1H3,(H3,29,30)(H,32,34);2-12H,31H2,1H3,(H3,29,30)(H,32,33)/b23-14+;21-13+;21-12+;21-13+. The van der Waals surface area contributed by atoms with Gasteiger partial charge in [0.25, 0.3) is 23.6 Å². The molecular formula is C98H80F16N16O14S4. The first-order chi connectivity index (χ1) is 69.8. The smallest absolute Gasteiger partial charge is 0.418 e. The number of nitrogen functional groups attached to an aromatic ring is 3. The average Bonchev–Trinajstić information content (AvgIpc) is 0.801. The van der Waals surface area contributed by atoms with Crippen molar-refractivity contribution >= 4 is 147 Å². The number of anilines is 5. The number of hydrogen-bond donors (Lipinski definition) is 16. The molecule has 0 bridgehead atoms. The number of aromatic nitrogens is 1. The molecule has 4 atom stereocenters. The lowest BCUT2D eigenvalue weighted by molar-refractivity contribution is -0.137. The van der Waals surface area contributed by atoms with Crippen LogP contribution < -0.4 is 67.8 Å². The first kappa shape index (κ1) is 114. The van der Waals surface area contributed by atoms with E-state index in [1.54, 1.807) is 24.3 Å². The molecule has 1 heterocycles. The number of nitrogens with two attached hydrogens (primary N) is 8. The molecule has 1 aromatic heterocycles. The molecule has 12 aromatic carbocycles. The number of aromatic hydroxyl groups is 1. The Labute approximate surface area is 838 Å². The Hall–Kier alpha value is -16.1. The van der Waals surface area contributed by atoms with Gasteiger partial charge in [-0.05, 0) is 204 Å². The molecule has 4 amide bonds. The lowest BCUT2D eigenvalue weighted by Gasteiger charge is -2.17. The predicted molar refractivity (Wildman–Crippen MR) is 525 cm³/mol. The Morgan fingerprint density at radius 3 is 0.932 bits per heavy atom. The van der Waals surface area contributed by atoms with Gasteiger partial charge in [-0.3, -0.25) is 30.0 Å². The molecule has 24 N–H and O–H groups in total. The Morgan fingerprint density at radius 1 is 0.351 bits per heavy atom. The van der Waals surface area contributed by atoms with E-state index in [4.69, 9.17) is 62.5 Å². The first-order valence-electron chi connectivity index (χ1n) is 41.7. The molecule has 13 aromatic rings. The number of halogens is 16. The topological polar surface area (TPSA) is 543 Å². The zero-order chi connectivity index (χ0) is 109. The van der Waals surface area contributed by atoms with E-state index in [0.717, 1.165) is 60.8 Å². The van der Waals surface area contributed by atoms with Crippen LogP contribution in [0.5, 0.6) is 5.75 Å². The fraction of sp³-hybridized carbons (Fsp3) is 0.0816. The summed E-state index contributed by atoms with van der Waals surface area (Å²) in [6, 6.07) is 56.8. The molecule has 13 rings (SSSR count). The summed E-state index contributed by atoms with van der Waals surface area (Å²) in [5.74, 6) is 7.69. The molecule has 0 aliphatic heterocycles. The number of carbonyl (C=O) groups is 4. The van der Waals surface area contributed by atoms with Gasteiger partial charge in [-0.15, -0.1) is 0 Å². The van der Waals surface area contributed by atoms with Crippen molar-refractivity contribution in [1.82, 2.24) is 4.98 Å². The molecule has 50 heteroatoms. The maximum atomic E-state index is 15.1. The van der Waals surface area contributed by atoms with Crippen LogP contribution in [0, 0.1) is 10.8 Å². The van der Waals surface area contributed by atoms with Gasteiger partial charge in [0.15, 0.2) is 29.1 Å². The average molecular weight is 2140 g/mol. The highest BCUT2D eigenvalue weighted by atomic mass is 32.2. The number of hydrogen-bond acceptors (Lipinski definition) is 23. The van der Waals surface area contributed by atoms with Crippen LogP contribution in [-0.2, 0) is 105 Å². The number of amides is 4. The van der Waals surface area contributed by atoms with Gasteiger partial charge >= 0.3 is 24.7 Å². The number of pyridine rings is 1. The van der Waals surface area contributed by atoms with E-state index in [1.807, 2.05) is 21.3 Å². The predicted octanol–water partition coefficient (Wildman–Crippen LogP) is 20.0. The Bertz CT molecular complexity index is 7620. The molecule has 148 heavy (non-hydrogen) atoms. The van der Waals surface area contributed by atoms with Crippen LogP contribution in [0.1, 0.15) is 88.9 Å². The molecule has 0 saturated heterocycles. The van der Waals surface area contributed by atoms with Crippen LogP contribution >= 0.6 is 0 Å². The van der Waals surface area contributed by atoms with Crippen LogP contribution in [0.25, 0.3) is 77.6 Å². The number of oxime groups is 1. The zero-order valence-electron chi connectivity index (χ0n) is 76.4. The number of nitrogens with one attached hydrogen (secondary N) is 6. The normalized spacial score (nSPS) is 13.2. The van der Waals surface area contributed by atoms with Crippen molar-refractivity contribution in [2.24, 2.45) is 45.9 Å². The molecule has 30 nitrogen and oxygen atoms in total. The van der Waals surface area contributed by atoms with Crippen molar-refractivity contribution in [3.8, 4) is 50.3 Å². The van der Waals surface area contributed by atoms with Gasteiger partial charge in [-0.25, -0.2) is 39.4 Å². The Balaban J connectivity index is 0.000000202. The molecular weight excluding hydrogens is 2060 g/mol. The monoisotopic (exact) mass is 2140 g/mol. The van der Waals surface area contributed by atoms with Crippen molar-refractivity contribution in [3.05, 3.63) is 352 Å². The van der Waals surface area contributed by atoms with Crippen LogP contribution in [-0.4, -0.2) is 73.3 Å². The molecule has 0 aliphatic rings. The third-order valence-corrected chi connectivity index (χ3v) is 25.1. The van der Waals surface area contributed by atoms with E-state index in [2.05, 4.69) is 27.3 Å². The van der Waals surface area contributed by atoms with Crippen molar-refractivity contribution < 1.29 is 134 Å². The molecule has 772 valence electrons. The minimum atomic E-state index is -4.96. The van der Waals surface area contributed by atoms with Crippen molar-refractivity contribution in [2.45, 2.75) is 72.0 Å². The molecule has 0 fully saturated rings. The zero-order valence-corrected chi connectivity index (χ0v) is 79.7. The quantitative estimate of drug-likeness (QED) is 0.00568. The van der Waals surface area contributed by atoms with Crippen LogP contribution in [0.15, 0.2) is 315 Å². The number of fused-ring (bicyclic) bond motifs is 1. The summed E-state index contributed by atoms with van der Waals surface area (Å²) in [5.41, 5.74) is 15.5. The van der Waals surface area contributed by atoms with E-state index < -0.39 is 167 Å². The molecule has 0 spiro atoms. The third kappa shape index (κ3) is 27.9. The molecule has 0 aliphatic carbocycles. The van der Waals surface area contributed by atoms with Gasteiger partial charge in [0.1, 0.15) is 23.2 Å². The van der Waals surface area contributed by atoms with Crippen molar-refractivity contribution in [1.29, 1.82) is 10.8 Å². The van der Waals surface area contributed by atoms with Gasteiger partial charge in [0.2, 0.25) is 44.3 Å². The number of carbonyl (C=O) groups excluding carboxylic acids is 4. The van der Waals surface area contributed by atoms with Crippen LogP contribution in [0.3, 0.4) is 0 Å². The minimum Gasteiger partial charge on any atom is -0.507 e. The number of amidine groups is 3. The second-order valence-corrected chi connectivity index (χ2v) is 35.2. The van der Waals surface area contributed by atoms with Crippen molar-refractivity contribution in [3.63, 3.8) is 0 Å². The third-order valence-electron chi connectivity index (χ3n) is 21.5. The molecule has 0 saturated carbocycles. The lowest BCUT2D eigenvalue weighted by Crippen LogP contribution is -2.18. The fourth-order valence-electron chi connectivity index (χ4n) is 14.0. The number of phenols is 1. The van der Waals surface area contributed by atoms with Gasteiger partial charge in [-0.2, -0.15) is 93.4 Å². The van der Waals surface area contributed by atoms with E-state index >= 15 is 4.39 Å². The summed E-state index contributed by atoms with van der Waals surface area (Å²) in [6.07, 6.45) is -18.2. The summed E-state index contributed by atoms with van der Waals surface area (Å²) in [4.78, 5) is 54.4. The van der Waals surface area contributed by atoms with E-state index in [1.165, 1.54) is 209 Å². The van der Waals surface area contributed by atoms with Crippen molar-refractivity contribution in [2.75, 3.05) is 27.0 Å². The summed E-state index contributed by atoms with van der Waals surface area (Å²) in [5, 5.41) is 45.8. The SMILES string of the molecule is C/C(=C(\F)C(=O)Nc1ccc(-c2ccccc2S(=O)ON)cc1C(F)(F)F)c1cc(C(=N)N)ccc1O.C/C(=C(\F)C(=O)Nc1ccc(-c2ccccc2S(=O)ON)cc1C(F)(F)F)c1ccc2ccnc(N)c2c1.C/C(=C(\F)C(=O)Nc1ccc(-c2ccccc2S(=O)ON)cc1C(F)(F)F)c1cccc(/C(N)=N/O)c1.C/C(=C(\F)C(=O)Nc1ccc(-c2ccccc2S(=O)ON)cc1C(F)(F)F)c1cccc(C(=N)N)c1. The van der Waals surface area contributed by atoms with E-state index in [-0.39, 0.29) is 143 Å². The van der Waals surface area contributed by atoms with Crippen LogP contribution in [0.2, 0.25) is 0 Å². The second-order valence-electron chi connectivity index (χ2n) is 30.8. The van der Waals surface area contributed by atoms with Gasteiger partial charge in [-0.1, -0.05) is 151 Å². The Morgan fingerprint density at radius 2 is 0.628 bits per heavy atom. The Kier molecular flexibility index (Phi) is 37.8. The highest BCUT2D eigenvalue weighted by molar-refractivity contribution is 7.81.